The van der Waals surface area contributed by atoms with Gasteiger partial charge in [-0.05, 0) is 44.0 Å². The first-order valence-electron chi connectivity index (χ1n) is 7.95. The number of benzene rings is 2. The van der Waals surface area contributed by atoms with Crippen LogP contribution in [0, 0.1) is 6.92 Å². The minimum absolute atomic E-state index is 0.0884. The van der Waals surface area contributed by atoms with Crippen molar-refractivity contribution in [2.45, 2.75) is 19.8 Å². The number of phenols is 1. The van der Waals surface area contributed by atoms with Crippen molar-refractivity contribution in [1.29, 1.82) is 0 Å². The van der Waals surface area contributed by atoms with Crippen LogP contribution in [0.4, 0.5) is 0 Å². The highest BCUT2D eigenvalue weighted by molar-refractivity contribution is 5.96. The van der Waals surface area contributed by atoms with E-state index < -0.39 is 0 Å². The molecule has 1 amide bonds. The maximum Gasteiger partial charge on any atom is 0.255 e. The topological polar surface area (TPSA) is 67.8 Å². The number of aryl methyl sites for hydroxylation is 1. The van der Waals surface area contributed by atoms with Gasteiger partial charge in [0.2, 0.25) is 0 Å². The first-order chi connectivity index (χ1) is 11.6. The molecular weight excluding hydrogens is 306 g/mol. The van der Waals surface area contributed by atoms with Crippen LogP contribution < -0.4 is 14.8 Å². The van der Waals surface area contributed by atoms with Gasteiger partial charge in [0, 0.05) is 12.6 Å². The van der Waals surface area contributed by atoms with Crippen LogP contribution in [-0.4, -0.2) is 31.3 Å². The number of phenolic OH excluding ortho intramolecular Hbond substituents is 1. The fourth-order valence-corrected chi connectivity index (χ4v) is 2.18. The summed E-state index contributed by atoms with van der Waals surface area (Å²) in [6.07, 6.45) is 1.64. The Morgan fingerprint density at radius 2 is 1.79 bits per heavy atom. The van der Waals surface area contributed by atoms with Crippen LogP contribution in [0.3, 0.4) is 0 Å². The van der Waals surface area contributed by atoms with Crippen molar-refractivity contribution in [3.05, 3.63) is 53.6 Å². The molecule has 5 heteroatoms. The number of ether oxygens (including phenoxy) is 2. The van der Waals surface area contributed by atoms with Gasteiger partial charge in [-0.25, -0.2) is 0 Å². The second-order valence-corrected chi connectivity index (χ2v) is 5.51. The largest absolute Gasteiger partial charge is 0.507 e. The molecule has 24 heavy (non-hydrogen) atoms. The molecule has 0 aliphatic carbocycles. The molecule has 0 atom stereocenters. The van der Waals surface area contributed by atoms with Crippen LogP contribution >= 0.6 is 0 Å². The molecule has 0 bridgehead atoms. The van der Waals surface area contributed by atoms with E-state index in [9.17, 15) is 9.90 Å². The van der Waals surface area contributed by atoms with Crippen molar-refractivity contribution < 1.29 is 19.4 Å². The summed E-state index contributed by atoms with van der Waals surface area (Å²) in [6, 6.07) is 12.5. The molecule has 2 rings (SSSR count). The number of nitrogens with one attached hydrogen (secondary N) is 1. The fraction of sp³-hybridized carbons (Fsp3) is 0.316. The molecule has 0 saturated carbocycles. The average Bonchev–Trinajstić information content (AvgIpc) is 2.59. The Kier molecular flexibility index (Phi) is 6.49. The molecule has 0 unspecified atom stereocenters. The summed E-state index contributed by atoms with van der Waals surface area (Å²) >= 11 is 0. The zero-order chi connectivity index (χ0) is 17.4. The van der Waals surface area contributed by atoms with Gasteiger partial charge in [-0.1, -0.05) is 17.7 Å². The molecule has 0 spiro atoms. The van der Waals surface area contributed by atoms with E-state index in [-0.39, 0.29) is 17.2 Å². The van der Waals surface area contributed by atoms with E-state index in [0.29, 0.717) is 18.9 Å². The number of carbonyl (C=O) groups is 1. The lowest BCUT2D eigenvalue weighted by Gasteiger charge is -2.09. The third kappa shape index (κ3) is 5.19. The van der Waals surface area contributed by atoms with Gasteiger partial charge in [-0.2, -0.15) is 0 Å². The summed E-state index contributed by atoms with van der Waals surface area (Å²) < 4.78 is 10.6. The normalized spacial score (nSPS) is 10.2. The van der Waals surface area contributed by atoms with Crippen LogP contribution in [0.15, 0.2) is 42.5 Å². The van der Waals surface area contributed by atoms with Crippen molar-refractivity contribution in [3.8, 4) is 17.2 Å². The first-order valence-corrected chi connectivity index (χ1v) is 7.95. The third-order valence-electron chi connectivity index (χ3n) is 3.60. The Hall–Kier alpha value is -2.69. The molecule has 5 nitrogen and oxygen atoms in total. The second kappa shape index (κ2) is 8.82. The van der Waals surface area contributed by atoms with Crippen LogP contribution in [-0.2, 0) is 0 Å². The highest BCUT2D eigenvalue weighted by atomic mass is 16.5. The smallest absolute Gasteiger partial charge is 0.255 e. The number of methoxy groups -OCH3 is 1. The van der Waals surface area contributed by atoms with Gasteiger partial charge in [0.05, 0.1) is 19.3 Å². The molecule has 2 aromatic rings. The summed E-state index contributed by atoms with van der Waals surface area (Å²) in [7, 11) is 1.51. The number of hydrogen-bond donors (Lipinski definition) is 2. The molecule has 0 aromatic heterocycles. The van der Waals surface area contributed by atoms with Gasteiger partial charge >= 0.3 is 0 Å². The van der Waals surface area contributed by atoms with E-state index in [1.807, 2.05) is 31.2 Å². The van der Waals surface area contributed by atoms with Gasteiger partial charge in [0.15, 0.2) is 0 Å². The Labute approximate surface area is 142 Å². The van der Waals surface area contributed by atoms with Crippen molar-refractivity contribution in [1.82, 2.24) is 5.32 Å². The molecular formula is C19H23NO4. The number of rotatable bonds is 8. The summed E-state index contributed by atoms with van der Waals surface area (Å²) in [5, 5.41) is 12.6. The van der Waals surface area contributed by atoms with E-state index in [1.54, 1.807) is 12.1 Å². The minimum Gasteiger partial charge on any atom is -0.507 e. The quantitative estimate of drug-likeness (QED) is 0.729. The molecule has 0 saturated heterocycles. The highest BCUT2D eigenvalue weighted by Crippen LogP contribution is 2.23. The Morgan fingerprint density at radius 1 is 1.08 bits per heavy atom. The van der Waals surface area contributed by atoms with Gasteiger partial charge < -0.3 is 19.9 Å². The molecule has 2 aromatic carbocycles. The van der Waals surface area contributed by atoms with E-state index in [4.69, 9.17) is 9.47 Å². The molecule has 0 aliphatic rings. The third-order valence-corrected chi connectivity index (χ3v) is 3.60. The lowest BCUT2D eigenvalue weighted by atomic mass is 10.1. The monoisotopic (exact) mass is 329 g/mol. The average molecular weight is 329 g/mol. The molecule has 2 N–H and O–H groups in total. The number of aromatic hydroxyl groups is 1. The summed E-state index contributed by atoms with van der Waals surface area (Å²) in [6.45, 7) is 3.17. The zero-order valence-electron chi connectivity index (χ0n) is 14.0. The predicted octanol–water partition coefficient (Wildman–Crippen LogP) is 3.30. The number of amides is 1. The number of unbranched alkanes of at least 4 members (excludes halogenated alkanes) is 1. The predicted molar refractivity (Wildman–Crippen MR) is 92.9 cm³/mol. The highest BCUT2D eigenvalue weighted by Gasteiger charge is 2.11. The van der Waals surface area contributed by atoms with Crippen molar-refractivity contribution in [2.24, 2.45) is 0 Å². The maximum atomic E-state index is 12.0. The lowest BCUT2D eigenvalue weighted by Crippen LogP contribution is -2.24. The first kappa shape index (κ1) is 17.7. The Morgan fingerprint density at radius 3 is 2.46 bits per heavy atom. The summed E-state index contributed by atoms with van der Waals surface area (Å²) in [5.74, 6) is 0.981. The number of carbonyl (C=O) groups excluding carboxylic acids is 1. The SMILES string of the molecule is COc1ccc(C(=O)NCCCCOc2ccc(C)cc2)c(O)c1. The lowest BCUT2D eigenvalue weighted by molar-refractivity contribution is 0.0949. The molecule has 128 valence electrons. The summed E-state index contributed by atoms with van der Waals surface area (Å²) in [5.41, 5.74) is 1.44. The van der Waals surface area contributed by atoms with Gasteiger partial charge in [-0.15, -0.1) is 0 Å². The van der Waals surface area contributed by atoms with Crippen LogP contribution in [0.1, 0.15) is 28.8 Å². The molecule has 0 aliphatic heterocycles. The van der Waals surface area contributed by atoms with Crippen LogP contribution in [0.5, 0.6) is 17.2 Å². The van der Waals surface area contributed by atoms with E-state index >= 15 is 0 Å². The van der Waals surface area contributed by atoms with Crippen LogP contribution in [0.2, 0.25) is 0 Å². The van der Waals surface area contributed by atoms with Crippen molar-refractivity contribution in [2.75, 3.05) is 20.3 Å². The van der Waals surface area contributed by atoms with E-state index in [1.165, 1.54) is 18.7 Å². The van der Waals surface area contributed by atoms with Crippen LogP contribution in [0.25, 0.3) is 0 Å². The van der Waals surface area contributed by atoms with Crippen molar-refractivity contribution >= 4 is 5.91 Å². The summed E-state index contributed by atoms with van der Waals surface area (Å²) in [4.78, 5) is 12.0. The standard InChI is InChI=1S/C19H23NO4/c1-14-5-7-15(8-6-14)24-12-4-3-11-20-19(22)17-10-9-16(23-2)13-18(17)21/h5-10,13,21H,3-4,11-12H2,1-2H3,(H,20,22). The van der Waals surface area contributed by atoms with E-state index in [0.717, 1.165) is 18.6 Å². The Balaban J connectivity index is 1.66. The molecule has 0 radical (unpaired) electrons. The van der Waals surface area contributed by atoms with Crippen molar-refractivity contribution in [3.63, 3.8) is 0 Å². The molecule has 0 fully saturated rings. The van der Waals surface area contributed by atoms with Gasteiger partial charge in [0.1, 0.15) is 17.2 Å². The minimum atomic E-state index is -0.297. The fourth-order valence-electron chi connectivity index (χ4n) is 2.18. The second-order valence-electron chi connectivity index (χ2n) is 5.51. The maximum absolute atomic E-state index is 12.0. The van der Waals surface area contributed by atoms with Gasteiger partial charge in [-0.3, -0.25) is 4.79 Å². The number of hydrogen-bond acceptors (Lipinski definition) is 4. The van der Waals surface area contributed by atoms with E-state index in [2.05, 4.69) is 5.32 Å². The zero-order valence-corrected chi connectivity index (χ0v) is 14.0. The van der Waals surface area contributed by atoms with Gasteiger partial charge in [0.25, 0.3) is 5.91 Å². The Bertz CT molecular complexity index is 668. The molecule has 0 heterocycles.